The molecule has 0 saturated carbocycles. The Bertz CT molecular complexity index is 1360. The van der Waals surface area contributed by atoms with Gasteiger partial charge in [-0.2, -0.15) is 4.58 Å². The molecule has 2 heterocycles. The number of allylic oxidation sites excluding steroid dienone is 11. The van der Waals surface area contributed by atoms with Gasteiger partial charge in [0.1, 0.15) is 6.54 Å². The first-order valence-corrected chi connectivity index (χ1v) is 16.5. The first kappa shape index (κ1) is 31.4. The second kappa shape index (κ2) is 13.2. The topological polar surface area (TPSA) is 6.25 Å². The van der Waals surface area contributed by atoms with Crippen LogP contribution in [0.3, 0.4) is 0 Å². The molecule has 0 bridgehead atoms. The van der Waals surface area contributed by atoms with Crippen LogP contribution in [-0.4, -0.2) is 28.3 Å². The summed E-state index contributed by atoms with van der Waals surface area (Å²) in [7, 11) is 0. The number of halogens is 1. The number of benzene rings is 1. The maximum atomic E-state index is 7.14. The summed E-state index contributed by atoms with van der Waals surface area (Å²) in [6.07, 6.45) is 21.8. The zero-order chi connectivity index (χ0) is 29.8. The lowest BCUT2D eigenvalue weighted by atomic mass is 9.80. The van der Waals surface area contributed by atoms with Crippen molar-refractivity contribution >= 4 is 23.0 Å². The fourth-order valence-electron chi connectivity index (χ4n) is 7.07. The number of hydrogen-bond acceptors (Lipinski definition) is 1. The molecule has 0 N–H and O–H groups in total. The summed E-state index contributed by atoms with van der Waals surface area (Å²) in [5.41, 5.74) is 11.1. The summed E-state index contributed by atoms with van der Waals surface area (Å²) in [4.78, 5) is 2.59. The van der Waals surface area contributed by atoms with Crippen molar-refractivity contribution in [3.63, 3.8) is 0 Å². The molecular weight excluding hydrogens is 520 g/mol. The van der Waals surface area contributed by atoms with Crippen molar-refractivity contribution in [3.05, 3.63) is 99.4 Å². The highest BCUT2D eigenvalue weighted by Crippen LogP contribution is 2.50. The normalized spacial score (nSPS) is 23.1. The molecule has 1 aromatic carbocycles. The van der Waals surface area contributed by atoms with Crippen LogP contribution in [0, 0.1) is 5.41 Å². The van der Waals surface area contributed by atoms with E-state index in [0.29, 0.717) is 0 Å². The molecule has 0 atom stereocenters. The largest absolute Gasteiger partial charge is 0.347 e. The Morgan fingerprint density at radius 3 is 2.41 bits per heavy atom. The van der Waals surface area contributed by atoms with Gasteiger partial charge in [0.05, 0.1) is 5.41 Å². The second-order valence-electron chi connectivity index (χ2n) is 12.5. The number of rotatable bonds is 7. The van der Waals surface area contributed by atoms with E-state index in [1.165, 1.54) is 45.1 Å². The average Bonchev–Trinajstić information content (AvgIpc) is 3.32. The van der Waals surface area contributed by atoms with Gasteiger partial charge in [-0.3, -0.25) is 0 Å². The van der Waals surface area contributed by atoms with E-state index in [1.807, 2.05) is 13.8 Å². The molecule has 0 fully saturated rings. The van der Waals surface area contributed by atoms with E-state index < -0.39 is 0 Å². The Morgan fingerprint density at radius 2 is 1.68 bits per heavy atom. The minimum atomic E-state index is -0.0234. The summed E-state index contributed by atoms with van der Waals surface area (Å²) in [6.45, 7) is 20.1. The Kier molecular flexibility index (Phi) is 10.1. The van der Waals surface area contributed by atoms with E-state index in [9.17, 15) is 0 Å². The highest BCUT2D eigenvalue weighted by atomic mass is 35.5. The third kappa shape index (κ3) is 5.87. The van der Waals surface area contributed by atoms with E-state index in [4.69, 9.17) is 11.6 Å². The number of hydrogen-bond donors (Lipinski definition) is 0. The number of fused-ring (bicyclic) bond motifs is 1. The van der Waals surface area contributed by atoms with Gasteiger partial charge in [-0.1, -0.05) is 95.6 Å². The molecular formula is C38H52ClN2+. The van der Waals surface area contributed by atoms with Gasteiger partial charge in [0.25, 0.3) is 0 Å². The number of nitrogens with zero attached hydrogens (tertiary/aromatic N) is 2. The summed E-state index contributed by atoms with van der Waals surface area (Å²) >= 11 is 7.14. The third-order valence-electron chi connectivity index (χ3n) is 9.11. The molecule has 2 aliphatic heterocycles. The monoisotopic (exact) mass is 571 g/mol. The molecule has 0 amide bonds. The third-order valence-corrected chi connectivity index (χ3v) is 9.59. The van der Waals surface area contributed by atoms with Crippen LogP contribution >= 0.6 is 11.6 Å². The van der Waals surface area contributed by atoms with Crippen molar-refractivity contribution in [3.8, 4) is 0 Å². The average molecular weight is 572 g/mol. The lowest BCUT2D eigenvalue weighted by Crippen LogP contribution is -2.27. The lowest BCUT2D eigenvalue weighted by molar-refractivity contribution is -0.437. The first-order valence-electron chi connectivity index (χ1n) is 16.1. The SMILES string of the molecule is CC.CCCN1C2=C(C=CCC2)C(C)(C)/C1=C\C=C1/CCCC(/C=C/C2=[N+](CCC)c3ccccc3C2(C)C)=C1Cl. The fourth-order valence-corrected chi connectivity index (χ4v) is 7.39. The lowest BCUT2D eigenvalue weighted by Gasteiger charge is -2.29. The van der Waals surface area contributed by atoms with Gasteiger partial charge in [-0.05, 0) is 75.2 Å². The molecule has 0 aromatic heterocycles. The van der Waals surface area contributed by atoms with Crippen LogP contribution in [0.25, 0.3) is 0 Å². The molecule has 41 heavy (non-hydrogen) atoms. The van der Waals surface area contributed by atoms with Gasteiger partial charge in [0.2, 0.25) is 5.69 Å². The summed E-state index contributed by atoms with van der Waals surface area (Å²) in [5.74, 6) is 0. The van der Waals surface area contributed by atoms with Crippen LogP contribution in [0.2, 0.25) is 0 Å². The molecule has 0 unspecified atom stereocenters. The van der Waals surface area contributed by atoms with Gasteiger partial charge in [-0.15, -0.1) is 0 Å². The minimum absolute atomic E-state index is 0.0223. The predicted octanol–water partition coefficient (Wildman–Crippen LogP) is 10.9. The van der Waals surface area contributed by atoms with Crippen molar-refractivity contribution in [2.24, 2.45) is 5.41 Å². The summed E-state index contributed by atoms with van der Waals surface area (Å²) < 4.78 is 2.51. The molecule has 1 aromatic rings. The van der Waals surface area contributed by atoms with Gasteiger partial charge in [0.15, 0.2) is 5.71 Å². The molecule has 2 nitrogen and oxygen atoms in total. The maximum Gasteiger partial charge on any atom is 0.209 e. The Morgan fingerprint density at radius 1 is 0.927 bits per heavy atom. The van der Waals surface area contributed by atoms with Crippen molar-refractivity contribution < 1.29 is 4.58 Å². The smallest absolute Gasteiger partial charge is 0.209 e. The van der Waals surface area contributed by atoms with E-state index in [-0.39, 0.29) is 10.8 Å². The Hall–Kier alpha value is -2.58. The Balaban J connectivity index is 0.00000189. The molecule has 220 valence electrons. The fraction of sp³-hybridized carbons (Fsp3) is 0.500. The van der Waals surface area contributed by atoms with E-state index >= 15 is 0 Å². The van der Waals surface area contributed by atoms with Gasteiger partial charge in [0, 0.05) is 52.5 Å². The van der Waals surface area contributed by atoms with Crippen molar-refractivity contribution in [1.82, 2.24) is 4.90 Å². The first-order chi connectivity index (χ1) is 19.7. The summed E-state index contributed by atoms with van der Waals surface area (Å²) in [6, 6.07) is 8.88. The summed E-state index contributed by atoms with van der Waals surface area (Å²) in [5, 5.41) is 0.945. The highest BCUT2D eigenvalue weighted by Gasteiger charge is 2.44. The zero-order valence-electron chi connectivity index (χ0n) is 26.9. The van der Waals surface area contributed by atoms with Crippen LogP contribution < -0.4 is 0 Å². The molecule has 3 heteroatoms. The van der Waals surface area contributed by atoms with Crippen molar-refractivity contribution in [2.45, 2.75) is 106 Å². The van der Waals surface area contributed by atoms with Crippen LogP contribution in [0.4, 0.5) is 5.69 Å². The minimum Gasteiger partial charge on any atom is -0.347 e. The van der Waals surface area contributed by atoms with Crippen LogP contribution in [0.1, 0.15) is 106 Å². The Labute approximate surface area is 255 Å². The quantitative estimate of drug-likeness (QED) is 0.295. The highest BCUT2D eigenvalue weighted by molar-refractivity contribution is 6.32. The molecule has 5 rings (SSSR count). The standard InChI is InChI=1S/C36H46ClN2.C2H6/c1-7-24-38-30-18-11-9-16-28(30)35(3,4)32(38)22-20-26-14-13-15-27(34(26)37)21-23-33-36(5,6)29-17-10-12-19-31(29)39(33)25-8-2;1-2/h9-11,16-18,20-23H,7-8,12-15,19,24-25H2,1-6H3;1-2H3/q+1;. The van der Waals surface area contributed by atoms with Crippen LogP contribution in [0.15, 0.2) is 93.9 Å². The van der Waals surface area contributed by atoms with Crippen LogP contribution in [-0.2, 0) is 5.41 Å². The predicted molar refractivity (Wildman–Crippen MR) is 179 cm³/mol. The van der Waals surface area contributed by atoms with Gasteiger partial charge in [-0.25, -0.2) is 0 Å². The molecule has 0 radical (unpaired) electrons. The van der Waals surface area contributed by atoms with E-state index in [2.05, 4.69) is 112 Å². The maximum absolute atomic E-state index is 7.14. The second-order valence-corrected chi connectivity index (χ2v) is 12.9. The van der Waals surface area contributed by atoms with Gasteiger partial charge < -0.3 is 4.90 Å². The van der Waals surface area contributed by atoms with Gasteiger partial charge >= 0.3 is 0 Å². The molecule has 0 saturated heterocycles. The molecule has 0 spiro atoms. The number of para-hydroxylation sites is 1. The molecule has 4 aliphatic rings. The van der Waals surface area contributed by atoms with E-state index in [1.54, 1.807) is 0 Å². The van der Waals surface area contributed by atoms with E-state index in [0.717, 1.165) is 63.1 Å². The van der Waals surface area contributed by atoms with Crippen molar-refractivity contribution in [2.75, 3.05) is 13.1 Å². The molecule has 2 aliphatic carbocycles. The van der Waals surface area contributed by atoms with Crippen LogP contribution in [0.5, 0.6) is 0 Å². The van der Waals surface area contributed by atoms with Crippen molar-refractivity contribution in [1.29, 1.82) is 0 Å². The zero-order valence-corrected chi connectivity index (χ0v) is 27.7.